The first-order valence-corrected chi connectivity index (χ1v) is 16.0. The zero-order valence-electron chi connectivity index (χ0n) is 28.4. The molecule has 48 heavy (non-hydrogen) atoms. The fourth-order valence-corrected chi connectivity index (χ4v) is 5.09. The number of ether oxygens (including phenoxy) is 2. The first-order valence-electron chi connectivity index (χ1n) is 16.0. The van der Waals surface area contributed by atoms with Gasteiger partial charge in [-0.05, 0) is 77.4 Å². The van der Waals surface area contributed by atoms with Crippen LogP contribution in [0.5, 0.6) is 0 Å². The summed E-state index contributed by atoms with van der Waals surface area (Å²) in [4.78, 5) is 58.0. The maximum absolute atomic E-state index is 13.2. The maximum Gasteiger partial charge on any atom is 0.408 e. The second kappa shape index (κ2) is 15.6. The maximum atomic E-state index is 13.2. The second-order valence-electron chi connectivity index (χ2n) is 13.5. The molecule has 0 aliphatic heterocycles. The van der Waals surface area contributed by atoms with Crippen molar-refractivity contribution in [2.75, 3.05) is 6.54 Å². The molecule has 2 heterocycles. The van der Waals surface area contributed by atoms with Gasteiger partial charge in [0.1, 0.15) is 23.3 Å². The lowest BCUT2D eigenvalue weighted by atomic mass is 10.0. The van der Waals surface area contributed by atoms with Crippen LogP contribution in [-0.2, 0) is 31.9 Å². The molecule has 0 aliphatic rings. The Kier molecular flexibility index (Phi) is 11.5. The quantitative estimate of drug-likeness (QED) is 0.112. The van der Waals surface area contributed by atoms with E-state index in [1.165, 1.54) is 6.20 Å². The van der Waals surface area contributed by atoms with Crippen LogP contribution in [0.2, 0.25) is 0 Å². The molecule has 4 aromatic rings. The summed E-state index contributed by atoms with van der Waals surface area (Å²) in [6.45, 7) is 10.8. The van der Waals surface area contributed by atoms with E-state index in [4.69, 9.17) is 9.47 Å². The van der Waals surface area contributed by atoms with E-state index in [0.29, 0.717) is 6.42 Å². The van der Waals surface area contributed by atoms with Gasteiger partial charge in [-0.15, -0.1) is 0 Å². The minimum absolute atomic E-state index is 0.238. The van der Waals surface area contributed by atoms with Gasteiger partial charge < -0.3 is 40.7 Å². The highest BCUT2D eigenvalue weighted by molar-refractivity contribution is 5.90. The number of hydrogen-bond acceptors (Lipinski definition) is 6. The molecule has 0 unspecified atom stereocenters. The van der Waals surface area contributed by atoms with E-state index in [-0.39, 0.29) is 25.3 Å². The highest BCUT2D eigenvalue weighted by Crippen LogP contribution is 2.21. The number of amides is 4. The number of aromatic nitrogens is 2. The molecule has 256 valence electrons. The molecule has 0 aliphatic carbocycles. The first-order chi connectivity index (χ1) is 22.7. The minimum atomic E-state index is -0.910. The van der Waals surface area contributed by atoms with Crippen LogP contribution in [0.25, 0.3) is 21.8 Å². The summed E-state index contributed by atoms with van der Waals surface area (Å²) in [5, 5.41) is 12.9. The van der Waals surface area contributed by atoms with Crippen LogP contribution < -0.4 is 21.3 Å². The molecule has 4 amide bonds. The molecule has 2 aromatic carbocycles. The van der Waals surface area contributed by atoms with Crippen molar-refractivity contribution in [3.8, 4) is 0 Å². The highest BCUT2D eigenvalue weighted by Gasteiger charge is 2.27. The van der Waals surface area contributed by atoms with Crippen LogP contribution in [-0.4, -0.2) is 63.8 Å². The molecule has 2 aromatic heterocycles. The molecule has 0 spiro atoms. The third kappa shape index (κ3) is 10.6. The summed E-state index contributed by atoms with van der Waals surface area (Å²) in [7, 11) is 0. The SMILES string of the molecule is CC(C)(C)OC(=O)N[C@@H](Cc1c[nH]c2ccccc12)C(=O)N/C=C\CCNC(=O)[C@H](Cc1c[nH]c2ccccc12)NC(=O)OC(C)(C)C. The summed E-state index contributed by atoms with van der Waals surface area (Å²) in [6.07, 6.45) is 6.33. The van der Waals surface area contributed by atoms with E-state index in [2.05, 4.69) is 31.2 Å². The number of nitrogens with one attached hydrogen (secondary N) is 6. The molecule has 4 rings (SSSR count). The normalized spacial score (nSPS) is 13.2. The summed E-state index contributed by atoms with van der Waals surface area (Å²) in [5.74, 6) is -0.796. The molecule has 0 saturated carbocycles. The third-order valence-electron chi connectivity index (χ3n) is 7.17. The van der Waals surface area contributed by atoms with Gasteiger partial charge in [0, 0.05) is 53.6 Å². The molecular formula is C36H46N6O6. The summed E-state index contributed by atoms with van der Waals surface area (Å²) >= 11 is 0. The van der Waals surface area contributed by atoms with Crippen molar-refractivity contribution in [1.29, 1.82) is 0 Å². The third-order valence-corrected chi connectivity index (χ3v) is 7.17. The van der Waals surface area contributed by atoms with Gasteiger partial charge in [-0.25, -0.2) is 9.59 Å². The van der Waals surface area contributed by atoms with Crippen LogP contribution in [0.3, 0.4) is 0 Å². The monoisotopic (exact) mass is 658 g/mol. The zero-order chi connectivity index (χ0) is 34.9. The van der Waals surface area contributed by atoms with Crippen LogP contribution in [0.1, 0.15) is 59.1 Å². The van der Waals surface area contributed by atoms with Gasteiger partial charge in [-0.1, -0.05) is 42.5 Å². The largest absolute Gasteiger partial charge is 0.444 e. The lowest BCUT2D eigenvalue weighted by molar-refractivity contribution is -0.123. The van der Waals surface area contributed by atoms with Crippen LogP contribution in [0, 0.1) is 0 Å². The molecule has 0 fully saturated rings. The molecule has 2 atom stereocenters. The van der Waals surface area contributed by atoms with E-state index < -0.39 is 41.4 Å². The predicted octanol–water partition coefficient (Wildman–Crippen LogP) is 5.36. The van der Waals surface area contributed by atoms with E-state index in [9.17, 15) is 19.2 Å². The standard InChI is InChI=1S/C36H46N6O6/c1-35(2,3)47-33(45)41-29(19-23-21-39-27-15-9-7-13-25(23)27)31(43)37-17-11-12-18-38-32(44)30(42-34(46)48-36(4,5)6)20-24-22-40-28-16-10-8-14-26(24)28/h7-11,13-17,21-22,29-30,39-40H,12,18-20H2,1-6H3,(H,37,43)(H,38,44)(H,41,45)(H,42,46)/b17-11-/t29-,30-/m0/s1. The van der Waals surface area contributed by atoms with E-state index >= 15 is 0 Å². The molecule has 0 radical (unpaired) electrons. The van der Waals surface area contributed by atoms with Crippen molar-refractivity contribution in [3.05, 3.63) is 84.3 Å². The first kappa shape index (κ1) is 35.6. The molecule has 6 N–H and O–H groups in total. The Bertz CT molecular complexity index is 1760. The Balaban J connectivity index is 1.34. The molecule has 0 bridgehead atoms. The number of carbonyl (C=O) groups is 4. The van der Waals surface area contributed by atoms with Crippen LogP contribution in [0.15, 0.2) is 73.2 Å². The summed E-state index contributed by atoms with van der Waals surface area (Å²) < 4.78 is 10.8. The van der Waals surface area contributed by atoms with Crippen LogP contribution in [0.4, 0.5) is 9.59 Å². The molecule has 0 saturated heterocycles. The number of carbonyl (C=O) groups excluding carboxylic acids is 4. The Morgan fingerprint density at radius 2 is 1.17 bits per heavy atom. The van der Waals surface area contributed by atoms with Crippen LogP contribution >= 0.6 is 0 Å². The number of fused-ring (bicyclic) bond motifs is 2. The van der Waals surface area contributed by atoms with Gasteiger partial charge in [0.15, 0.2) is 0 Å². The van der Waals surface area contributed by atoms with Crippen molar-refractivity contribution in [2.45, 2.75) is 84.1 Å². The van der Waals surface area contributed by atoms with Crippen molar-refractivity contribution < 1.29 is 28.7 Å². The topological polar surface area (TPSA) is 166 Å². The van der Waals surface area contributed by atoms with Gasteiger partial charge in [0.05, 0.1) is 0 Å². The van der Waals surface area contributed by atoms with Gasteiger partial charge in [0.25, 0.3) is 0 Å². The number of H-pyrrole nitrogens is 2. The number of aromatic amines is 2. The Morgan fingerprint density at radius 3 is 1.65 bits per heavy atom. The molecule has 12 heteroatoms. The minimum Gasteiger partial charge on any atom is -0.444 e. The van der Waals surface area contributed by atoms with Crippen molar-refractivity contribution in [2.24, 2.45) is 0 Å². The van der Waals surface area contributed by atoms with Gasteiger partial charge in [0.2, 0.25) is 11.8 Å². The number of rotatable bonds is 12. The van der Waals surface area contributed by atoms with E-state index in [0.717, 1.165) is 32.9 Å². The van der Waals surface area contributed by atoms with Gasteiger partial charge in [-0.2, -0.15) is 0 Å². The Hall–Kier alpha value is -5.26. The van der Waals surface area contributed by atoms with Crippen molar-refractivity contribution >= 4 is 45.8 Å². The number of benzene rings is 2. The lowest BCUT2D eigenvalue weighted by Gasteiger charge is -2.23. The smallest absolute Gasteiger partial charge is 0.408 e. The number of para-hydroxylation sites is 2. The number of alkyl carbamates (subject to hydrolysis) is 2. The van der Waals surface area contributed by atoms with Gasteiger partial charge >= 0.3 is 12.2 Å². The predicted molar refractivity (Wildman–Crippen MR) is 185 cm³/mol. The average molecular weight is 659 g/mol. The summed E-state index contributed by atoms with van der Waals surface area (Å²) in [6, 6.07) is 13.7. The number of hydrogen-bond donors (Lipinski definition) is 6. The highest BCUT2D eigenvalue weighted by atomic mass is 16.6. The zero-order valence-corrected chi connectivity index (χ0v) is 28.4. The molecule has 12 nitrogen and oxygen atoms in total. The summed E-state index contributed by atoms with van der Waals surface area (Å²) in [5.41, 5.74) is 2.16. The van der Waals surface area contributed by atoms with Gasteiger partial charge in [-0.3, -0.25) is 9.59 Å². The van der Waals surface area contributed by atoms with Crippen molar-refractivity contribution in [3.63, 3.8) is 0 Å². The lowest BCUT2D eigenvalue weighted by Crippen LogP contribution is -2.49. The Morgan fingerprint density at radius 1 is 0.708 bits per heavy atom. The van der Waals surface area contributed by atoms with Crippen molar-refractivity contribution in [1.82, 2.24) is 31.2 Å². The Labute approximate surface area is 280 Å². The average Bonchev–Trinajstić information content (AvgIpc) is 3.60. The van der Waals surface area contributed by atoms with E-state index in [1.807, 2.05) is 60.9 Å². The second-order valence-corrected chi connectivity index (χ2v) is 13.5. The van der Waals surface area contributed by atoms with E-state index in [1.54, 1.807) is 47.6 Å². The molecular weight excluding hydrogens is 612 g/mol. The fraction of sp³-hybridized carbons (Fsp3) is 0.389. The fourth-order valence-electron chi connectivity index (χ4n) is 5.09.